The van der Waals surface area contributed by atoms with Crippen LogP contribution in [0.15, 0.2) is 0 Å². The highest BCUT2D eigenvalue weighted by atomic mass is 16.1. The van der Waals surface area contributed by atoms with E-state index in [0.29, 0.717) is 0 Å². The molecule has 0 amide bonds. The van der Waals surface area contributed by atoms with E-state index >= 15 is 0 Å². The van der Waals surface area contributed by atoms with Crippen LogP contribution in [0.5, 0.6) is 0 Å². The first-order valence-electron chi connectivity index (χ1n) is 1.90. The van der Waals surface area contributed by atoms with Gasteiger partial charge in [-0.15, -0.1) is 0 Å². The predicted octanol–water partition coefficient (Wildman–Crippen LogP) is 0.416. The van der Waals surface area contributed by atoms with Crippen LogP contribution in [0.2, 0.25) is 0 Å². The molecule has 0 spiro atoms. The summed E-state index contributed by atoms with van der Waals surface area (Å²) in [7, 11) is 0. The molecule has 2 nitrogen and oxygen atoms in total. The van der Waals surface area contributed by atoms with Gasteiger partial charge >= 0.3 is 0 Å². The van der Waals surface area contributed by atoms with Gasteiger partial charge in [0.05, 0.1) is 0 Å². The molecule has 0 rings (SSSR count). The summed E-state index contributed by atoms with van der Waals surface area (Å²) in [5.74, 6) is 0. The normalized spacial score (nSPS) is 5.67. The zero-order valence-corrected chi connectivity index (χ0v) is 4.11. The molecule has 0 aromatic heterocycles. The first-order valence-corrected chi connectivity index (χ1v) is 1.90. The Balaban J connectivity index is -0.0000000480. The van der Waals surface area contributed by atoms with Crippen molar-refractivity contribution in [1.82, 2.24) is 0 Å². The number of rotatable bonds is 1. The molecule has 0 bridgehead atoms. The lowest BCUT2D eigenvalue weighted by Crippen LogP contribution is -1.93. The van der Waals surface area contributed by atoms with Crippen molar-refractivity contribution in [2.75, 3.05) is 6.54 Å². The minimum absolute atomic E-state index is 0. The summed E-state index contributed by atoms with van der Waals surface area (Å²) < 4.78 is 0. The Morgan fingerprint density at radius 1 is 1.83 bits per heavy atom. The highest BCUT2D eigenvalue weighted by Gasteiger charge is 1.55. The van der Waals surface area contributed by atoms with Gasteiger partial charge in [0.15, 0.2) is 0 Å². The van der Waals surface area contributed by atoms with Crippen molar-refractivity contribution in [3.05, 3.63) is 0 Å². The number of hydrogen-bond acceptors (Lipinski definition) is 2. The average Bonchev–Trinajstić information content (AvgIpc) is 1.72. The first kappa shape index (κ1) is 9.16. The molecule has 2 heteroatoms. The minimum atomic E-state index is 0. The van der Waals surface area contributed by atoms with Crippen LogP contribution in [0.1, 0.15) is 14.8 Å². The van der Waals surface area contributed by atoms with Crippen LogP contribution in [-0.2, 0) is 4.79 Å². The Morgan fingerprint density at radius 2 is 2.00 bits per heavy atom. The molecule has 0 aromatic carbocycles. The number of carbonyl (C=O) groups excluding carboxylic acids is 1. The number of carbonyl (C=O) groups is 1. The Morgan fingerprint density at radius 3 is 2.00 bits per heavy atom. The molecule has 0 aliphatic heterocycles. The molecule has 0 atom stereocenters. The summed E-state index contributed by atoms with van der Waals surface area (Å²) in [5, 5.41) is 0. The second kappa shape index (κ2) is 23.0. The Labute approximate surface area is 39.8 Å². The molecule has 0 saturated heterocycles. The van der Waals surface area contributed by atoms with Crippen molar-refractivity contribution in [3.63, 3.8) is 0 Å². The van der Waals surface area contributed by atoms with Crippen LogP contribution in [0.25, 0.3) is 0 Å². The standard InChI is InChI=1S/C3H9N.CH2O.H2/c1-2-3-4;1-2;/h2-4H2,1H3;1H2;1H. The van der Waals surface area contributed by atoms with Crippen molar-refractivity contribution >= 4 is 6.79 Å². The van der Waals surface area contributed by atoms with E-state index in [1.54, 1.807) is 0 Å². The van der Waals surface area contributed by atoms with Gasteiger partial charge < -0.3 is 10.5 Å². The fourth-order valence-electron chi connectivity index (χ4n) is 0. The van der Waals surface area contributed by atoms with Crippen LogP contribution < -0.4 is 5.73 Å². The van der Waals surface area contributed by atoms with E-state index in [2.05, 4.69) is 6.92 Å². The molecule has 0 saturated carbocycles. The lowest BCUT2D eigenvalue weighted by Gasteiger charge is -1.70. The highest BCUT2D eigenvalue weighted by Crippen LogP contribution is 1.57. The van der Waals surface area contributed by atoms with Gasteiger partial charge in [0.1, 0.15) is 6.79 Å². The number of hydrogen-bond donors (Lipinski definition) is 1. The van der Waals surface area contributed by atoms with E-state index < -0.39 is 0 Å². The van der Waals surface area contributed by atoms with E-state index in [9.17, 15) is 0 Å². The first-order chi connectivity index (χ1) is 2.91. The van der Waals surface area contributed by atoms with Gasteiger partial charge in [-0.25, -0.2) is 0 Å². The van der Waals surface area contributed by atoms with Crippen molar-refractivity contribution in [3.8, 4) is 0 Å². The summed E-state index contributed by atoms with van der Waals surface area (Å²) in [4.78, 5) is 8.00. The fourth-order valence-corrected chi connectivity index (χ4v) is 0. The van der Waals surface area contributed by atoms with Crippen LogP contribution in [0, 0.1) is 0 Å². The summed E-state index contributed by atoms with van der Waals surface area (Å²) >= 11 is 0. The van der Waals surface area contributed by atoms with Crippen molar-refractivity contribution in [1.29, 1.82) is 0 Å². The van der Waals surface area contributed by atoms with Crippen molar-refractivity contribution in [2.24, 2.45) is 5.73 Å². The summed E-state index contributed by atoms with van der Waals surface area (Å²) in [6.07, 6.45) is 1.10. The molecule has 40 valence electrons. The van der Waals surface area contributed by atoms with E-state index in [4.69, 9.17) is 10.5 Å². The summed E-state index contributed by atoms with van der Waals surface area (Å²) in [5.41, 5.74) is 5.03. The van der Waals surface area contributed by atoms with Gasteiger partial charge in [-0.2, -0.15) is 0 Å². The third-order valence-electron chi connectivity index (χ3n) is 0.289. The van der Waals surface area contributed by atoms with E-state index in [0.717, 1.165) is 13.0 Å². The second-order valence-electron chi connectivity index (χ2n) is 0.789. The molecule has 2 N–H and O–H groups in total. The van der Waals surface area contributed by atoms with Gasteiger partial charge in [-0.1, -0.05) is 6.92 Å². The van der Waals surface area contributed by atoms with Gasteiger partial charge in [0.2, 0.25) is 0 Å². The molecule has 6 heavy (non-hydrogen) atoms. The fraction of sp³-hybridized carbons (Fsp3) is 0.750. The van der Waals surface area contributed by atoms with Gasteiger partial charge in [-0.05, 0) is 13.0 Å². The van der Waals surface area contributed by atoms with E-state index in [-0.39, 0.29) is 1.43 Å². The van der Waals surface area contributed by atoms with Gasteiger partial charge in [-0.3, -0.25) is 0 Å². The predicted molar refractivity (Wildman–Crippen MR) is 28.6 cm³/mol. The Bertz CT molecular complexity index is 19.2. The highest BCUT2D eigenvalue weighted by molar-refractivity contribution is 5.10. The van der Waals surface area contributed by atoms with E-state index in [1.807, 2.05) is 6.79 Å². The third kappa shape index (κ3) is 63.3. The third-order valence-corrected chi connectivity index (χ3v) is 0.289. The lowest BCUT2D eigenvalue weighted by atomic mass is 10.5. The molecule has 0 fully saturated rings. The van der Waals surface area contributed by atoms with E-state index in [1.165, 1.54) is 0 Å². The van der Waals surface area contributed by atoms with Crippen LogP contribution in [0.3, 0.4) is 0 Å². The van der Waals surface area contributed by atoms with Crippen LogP contribution in [-0.4, -0.2) is 13.3 Å². The zero-order valence-electron chi connectivity index (χ0n) is 4.11. The maximum absolute atomic E-state index is 8.00. The average molecular weight is 91.2 g/mol. The lowest BCUT2D eigenvalue weighted by molar-refractivity contribution is -0.0979. The molecule has 0 unspecified atom stereocenters. The molecular formula is C4H13NO. The van der Waals surface area contributed by atoms with Crippen LogP contribution in [0.4, 0.5) is 0 Å². The molecule has 0 radical (unpaired) electrons. The maximum Gasteiger partial charge on any atom is 0.106 e. The molecule has 0 aliphatic rings. The quantitative estimate of drug-likeness (QED) is 0.508. The summed E-state index contributed by atoms with van der Waals surface area (Å²) in [6.45, 7) is 4.88. The van der Waals surface area contributed by atoms with Gasteiger partial charge in [0, 0.05) is 1.43 Å². The molecule has 0 aromatic rings. The monoisotopic (exact) mass is 91.1 g/mol. The second-order valence-corrected chi connectivity index (χ2v) is 0.789. The summed E-state index contributed by atoms with van der Waals surface area (Å²) in [6, 6.07) is 0. The molecule has 0 aliphatic carbocycles. The number of nitrogens with two attached hydrogens (primary N) is 1. The maximum atomic E-state index is 8.00. The largest absolute Gasteiger partial charge is 0.330 e. The van der Waals surface area contributed by atoms with Crippen molar-refractivity contribution < 1.29 is 6.22 Å². The smallest absolute Gasteiger partial charge is 0.106 e. The molecular weight excluding hydrogens is 78.0 g/mol. The minimum Gasteiger partial charge on any atom is -0.330 e. The Hall–Kier alpha value is -0.370. The molecule has 0 heterocycles. The zero-order chi connectivity index (χ0) is 5.41. The van der Waals surface area contributed by atoms with Gasteiger partial charge in [0.25, 0.3) is 0 Å². The SMILES string of the molecule is C=O.CCCN.[HH]. The topological polar surface area (TPSA) is 43.1 Å². The van der Waals surface area contributed by atoms with Crippen LogP contribution >= 0.6 is 0 Å². The van der Waals surface area contributed by atoms with Crippen molar-refractivity contribution in [2.45, 2.75) is 13.3 Å². The Kier molecular flexibility index (Phi) is 35.1.